The zero-order valence-corrected chi connectivity index (χ0v) is 33.6. The second-order valence-corrected chi connectivity index (χ2v) is 17.9. The molecular formula is C37H61BN6O11. The third-order valence-corrected chi connectivity index (χ3v) is 12.3. The summed E-state index contributed by atoms with van der Waals surface area (Å²) in [6.45, 7) is 17.5. The van der Waals surface area contributed by atoms with Gasteiger partial charge in [-0.25, -0.2) is 0 Å². The molecule has 3 saturated carbocycles. The smallest absolute Gasteiger partial charge is 0.481 e. The lowest BCUT2D eigenvalue weighted by atomic mass is 9.43. The molecule has 0 aromatic carbocycles. The normalized spacial score (nSPS) is 27.6. The molecule has 2 saturated heterocycles. The standard InChI is InChI=1S/C37H61BN6O11/c1-18(2)28(41-31(50)22(12-13-26(45)46)40-30(49)21(39)17-27(47)48)33(52)42-29(19(3)4)34(53)44-14-10-11-23(44)32(51)43-36(7,8)38-54-25-16-20-15-24(35(20,5)6)37(25,9)55-38/h18-25,28-29H,10-17,39H2,1-9H3,(H,40,49)(H,41,50)(H,42,52)(H,43,51)(H,45,46)(H,47,48)/t20-,21-,22-,23-,24-,25+,28-,29-,37-/m0/s1. The van der Waals surface area contributed by atoms with E-state index in [0.717, 1.165) is 12.8 Å². The molecule has 2 bridgehead atoms. The van der Waals surface area contributed by atoms with Crippen molar-refractivity contribution in [3.8, 4) is 0 Å². The topological polar surface area (TPSA) is 256 Å². The van der Waals surface area contributed by atoms with Crippen molar-refractivity contribution in [3.05, 3.63) is 0 Å². The Morgan fingerprint density at radius 2 is 1.51 bits per heavy atom. The highest BCUT2D eigenvalue weighted by molar-refractivity contribution is 6.50. The summed E-state index contributed by atoms with van der Waals surface area (Å²) in [5.41, 5.74) is 4.42. The maximum absolute atomic E-state index is 14.1. The number of aliphatic carboxylic acids is 2. The molecular weight excluding hydrogens is 715 g/mol. The Kier molecular flexibility index (Phi) is 13.4. The number of nitrogens with zero attached hydrogens (tertiary/aromatic N) is 1. The van der Waals surface area contributed by atoms with Crippen molar-refractivity contribution in [2.75, 3.05) is 6.54 Å². The minimum absolute atomic E-state index is 0.0682. The second kappa shape index (κ2) is 16.8. The van der Waals surface area contributed by atoms with Crippen molar-refractivity contribution in [2.45, 2.75) is 155 Å². The van der Waals surface area contributed by atoms with E-state index in [2.05, 4.69) is 42.0 Å². The molecule has 3 aliphatic carbocycles. The van der Waals surface area contributed by atoms with Crippen LogP contribution >= 0.6 is 0 Å². The van der Waals surface area contributed by atoms with Gasteiger partial charge in [0.15, 0.2) is 0 Å². The summed E-state index contributed by atoms with van der Waals surface area (Å²) in [7, 11) is -0.684. The van der Waals surface area contributed by atoms with Crippen LogP contribution in [0.25, 0.3) is 0 Å². The first kappa shape index (κ1) is 44.0. The predicted molar refractivity (Wildman–Crippen MR) is 200 cm³/mol. The Bertz CT molecular complexity index is 1520. The number of rotatable bonds is 17. The van der Waals surface area contributed by atoms with Gasteiger partial charge < -0.3 is 51.4 Å². The van der Waals surface area contributed by atoms with Crippen LogP contribution in [0, 0.1) is 29.1 Å². The summed E-state index contributed by atoms with van der Waals surface area (Å²) in [4.78, 5) is 91.6. The molecule has 8 N–H and O–H groups in total. The fourth-order valence-corrected chi connectivity index (χ4v) is 8.76. The van der Waals surface area contributed by atoms with Gasteiger partial charge in [0, 0.05) is 13.0 Å². The van der Waals surface area contributed by atoms with Crippen LogP contribution in [0.1, 0.15) is 107 Å². The molecule has 9 atom stereocenters. The van der Waals surface area contributed by atoms with Gasteiger partial charge in [0.1, 0.15) is 24.2 Å². The van der Waals surface area contributed by atoms with Gasteiger partial charge in [0.25, 0.3) is 0 Å². The summed E-state index contributed by atoms with van der Waals surface area (Å²) < 4.78 is 13.1. The summed E-state index contributed by atoms with van der Waals surface area (Å²) in [5, 5.41) is 28.9. The molecule has 5 amide bonds. The van der Waals surface area contributed by atoms with Crippen LogP contribution in [0.15, 0.2) is 0 Å². The van der Waals surface area contributed by atoms with Crippen LogP contribution in [0.5, 0.6) is 0 Å². The average Bonchev–Trinajstić information content (AvgIpc) is 3.71. The Morgan fingerprint density at radius 3 is 2.07 bits per heavy atom. The van der Waals surface area contributed by atoms with Gasteiger partial charge in [-0.15, -0.1) is 0 Å². The van der Waals surface area contributed by atoms with Crippen LogP contribution in [0.2, 0.25) is 0 Å². The third kappa shape index (κ3) is 9.45. The van der Waals surface area contributed by atoms with Crippen LogP contribution in [0.4, 0.5) is 0 Å². The maximum atomic E-state index is 14.1. The number of carboxylic acids is 2. The number of amides is 5. The summed E-state index contributed by atoms with van der Waals surface area (Å²) in [6, 6.07) is -6.04. The van der Waals surface area contributed by atoms with Crippen LogP contribution in [-0.4, -0.2) is 118 Å². The summed E-state index contributed by atoms with van der Waals surface area (Å²) >= 11 is 0. The highest BCUT2D eigenvalue weighted by atomic mass is 16.7. The molecule has 5 aliphatic rings. The van der Waals surface area contributed by atoms with E-state index >= 15 is 0 Å². The maximum Gasteiger partial charge on any atom is 0.484 e. The monoisotopic (exact) mass is 776 g/mol. The van der Waals surface area contributed by atoms with Gasteiger partial charge in [0.05, 0.1) is 29.6 Å². The van der Waals surface area contributed by atoms with Gasteiger partial charge in [0.2, 0.25) is 29.5 Å². The minimum Gasteiger partial charge on any atom is -0.481 e. The Balaban J connectivity index is 1.42. The van der Waals surface area contributed by atoms with Crippen LogP contribution in [-0.2, 0) is 42.9 Å². The lowest BCUT2D eigenvalue weighted by Crippen LogP contribution is -2.65. The van der Waals surface area contributed by atoms with Crippen molar-refractivity contribution < 1.29 is 53.1 Å². The number of carbonyl (C=O) groups excluding carboxylic acids is 5. The molecule has 0 radical (unpaired) electrons. The van der Waals surface area contributed by atoms with Crippen molar-refractivity contribution in [3.63, 3.8) is 0 Å². The highest BCUT2D eigenvalue weighted by Gasteiger charge is 2.69. The molecule has 17 nitrogen and oxygen atoms in total. The molecule has 0 spiro atoms. The predicted octanol–water partition coefficient (Wildman–Crippen LogP) is 0.573. The van der Waals surface area contributed by atoms with E-state index in [-0.39, 0.29) is 23.8 Å². The molecule has 18 heteroatoms. The largest absolute Gasteiger partial charge is 0.484 e. The molecule has 2 heterocycles. The lowest BCUT2D eigenvalue weighted by molar-refractivity contribution is -0.199. The summed E-state index contributed by atoms with van der Waals surface area (Å²) in [6.07, 6.45) is 1.32. The van der Waals surface area contributed by atoms with Crippen molar-refractivity contribution in [2.24, 2.45) is 34.8 Å². The summed E-state index contributed by atoms with van der Waals surface area (Å²) in [5.74, 6) is -5.99. The van der Waals surface area contributed by atoms with Crippen molar-refractivity contribution in [1.82, 2.24) is 26.2 Å². The van der Waals surface area contributed by atoms with E-state index in [1.807, 2.05) is 13.8 Å². The third-order valence-electron chi connectivity index (χ3n) is 12.3. The molecule has 308 valence electrons. The van der Waals surface area contributed by atoms with Crippen LogP contribution < -0.4 is 27.0 Å². The van der Waals surface area contributed by atoms with E-state index in [1.54, 1.807) is 27.7 Å². The van der Waals surface area contributed by atoms with Gasteiger partial charge in [-0.1, -0.05) is 41.5 Å². The number of hydrogen-bond acceptors (Lipinski definition) is 10. The number of likely N-dealkylation sites (tertiary alicyclic amines) is 1. The Hall–Kier alpha value is -3.77. The number of hydrogen-bond donors (Lipinski definition) is 7. The zero-order valence-electron chi connectivity index (χ0n) is 33.6. The second-order valence-electron chi connectivity index (χ2n) is 17.9. The SMILES string of the molecule is CC(C)[C@H](NC(=O)[C@H](CCC(=O)O)NC(=O)[C@@H](N)CC(=O)O)C(=O)N[C@H](C(=O)N1CCC[C@H]1C(=O)NC(C)(C)B1O[C@@H]2C[C@@H]3C[C@@H](C3(C)C)[C@]2(C)O1)C(C)C. The van der Waals surface area contributed by atoms with Gasteiger partial charge in [-0.05, 0) is 82.0 Å². The molecule has 55 heavy (non-hydrogen) atoms. The van der Waals surface area contributed by atoms with E-state index in [0.29, 0.717) is 31.2 Å². The first-order chi connectivity index (χ1) is 25.4. The number of nitrogens with two attached hydrogens (primary N) is 1. The zero-order chi connectivity index (χ0) is 41.4. The fourth-order valence-electron chi connectivity index (χ4n) is 8.76. The van der Waals surface area contributed by atoms with Crippen molar-refractivity contribution >= 4 is 48.6 Å². The molecule has 0 unspecified atom stereocenters. The van der Waals surface area contributed by atoms with Crippen molar-refractivity contribution in [1.29, 1.82) is 0 Å². The quantitative estimate of drug-likeness (QED) is 0.100. The first-order valence-corrected chi connectivity index (χ1v) is 19.5. The number of nitrogens with one attached hydrogen (secondary N) is 4. The van der Waals surface area contributed by atoms with Crippen LogP contribution in [0.3, 0.4) is 0 Å². The molecule has 0 aromatic rings. The minimum atomic E-state index is -1.50. The lowest BCUT2D eigenvalue weighted by Gasteiger charge is -2.64. The fraction of sp³-hybridized carbons (Fsp3) is 0.811. The average molecular weight is 777 g/mol. The molecule has 5 rings (SSSR count). The Morgan fingerprint density at radius 1 is 0.891 bits per heavy atom. The van der Waals surface area contributed by atoms with Gasteiger partial charge in [-0.3, -0.25) is 33.6 Å². The molecule has 0 aromatic heterocycles. The first-order valence-electron chi connectivity index (χ1n) is 19.5. The van der Waals surface area contributed by atoms with E-state index in [4.69, 9.17) is 20.1 Å². The molecule has 5 fully saturated rings. The molecule has 2 aliphatic heterocycles. The van der Waals surface area contributed by atoms with E-state index < -0.39 is 109 Å². The number of carbonyl (C=O) groups is 7. The van der Waals surface area contributed by atoms with E-state index in [1.165, 1.54) is 4.90 Å². The van der Waals surface area contributed by atoms with E-state index in [9.17, 15) is 38.7 Å². The van der Waals surface area contributed by atoms with Gasteiger partial charge in [-0.2, -0.15) is 0 Å². The highest BCUT2D eigenvalue weighted by Crippen LogP contribution is 2.66. The number of carboxylic acid groups (broad SMARTS) is 2. The van der Waals surface area contributed by atoms with Gasteiger partial charge >= 0.3 is 19.1 Å². The Labute approximate surface area is 323 Å².